The maximum Gasteiger partial charge on any atom is 0.226 e. The molecule has 0 radical (unpaired) electrons. The molecular weight excluding hydrogens is 491 g/mol. The summed E-state index contributed by atoms with van der Waals surface area (Å²) in [7, 11) is 1.68. The van der Waals surface area contributed by atoms with E-state index in [0.717, 1.165) is 11.3 Å². The van der Waals surface area contributed by atoms with Gasteiger partial charge in [0.15, 0.2) is 5.96 Å². The molecule has 0 spiro atoms. The van der Waals surface area contributed by atoms with E-state index in [-0.39, 0.29) is 29.9 Å². The van der Waals surface area contributed by atoms with Crippen molar-refractivity contribution in [3.63, 3.8) is 0 Å². The van der Waals surface area contributed by atoms with Crippen molar-refractivity contribution in [2.75, 3.05) is 32.1 Å². The van der Waals surface area contributed by atoms with Gasteiger partial charge in [-0.15, -0.1) is 24.0 Å². The number of aliphatic imine (C=N–C) groups is 1. The van der Waals surface area contributed by atoms with E-state index in [1.165, 1.54) is 0 Å². The second kappa shape index (κ2) is 13.2. The van der Waals surface area contributed by atoms with E-state index >= 15 is 0 Å². The van der Waals surface area contributed by atoms with Gasteiger partial charge in [-0.1, -0.05) is 35.9 Å². The number of nitrogens with zero attached hydrogens (tertiary/aromatic N) is 1. The number of carbonyl (C=O) groups excluding carboxylic acids is 1. The molecule has 0 aliphatic rings. The minimum Gasteiger partial charge on any atom is -0.492 e. The highest BCUT2D eigenvalue weighted by molar-refractivity contribution is 14.0. The van der Waals surface area contributed by atoms with Gasteiger partial charge in [-0.05, 0) is 36.8 Å². The lowest BCUT2D eigenvalue weighted by atomic mass is 10.2. The van der Waals surface area contributed by atoms with Crippen LogP contribution >= 0.6 is 35.6 Å². The molecule has 3 N–H and O–H groups in total. The van der Waals surface area contributed by atoms with Crippen molar-refractivity contribution in [2.24, 2.45) is 4.99 Å². The Morgan fingerprint density at radius 1 is 1.11 bits per heavy atom. The van der Waals surface area contributed by atoms with Gasteiger partial charge >= 0.3 is 0 Å². The van der Waals surface area contributed by atoms with Crippen LogP contribution in [0.1, 0.15) is 12.0 Å². The molecule has 8 heteroatoms. The number of rotatable bonds is 8. The molecule has 0 fully saturated rings. The largest absolute Gasteiger partial charge is 0.492 e. The summed E-state index contributed by atoms with van der Waals surface area (Å²) >= 11 is 6.12. The van der Waals surface area contributed by atoms with Crippen LogP contribution in [0.4, 0.5) is 5.69 Å². The number of para-hydroxylation sites is 1. The zero-order valence-corrected chi connectivity index (χ0v) is 19.1. The van der Waals surface area contributed by atoms with Gasteiger partial charge in [0.05, 0.1) is 17.3 Å². The summed E-state index contributed by atoms with van der Waals surface area (Å²) in [6, 6.07) is 15.1. The second-order valence-corrected chi connectivity index (χ2v) is 6.28. The number of benzene rings is 2. The molecule has 0 atom stereocenters. The molecule has 0 aromatic heterocycles. The molecule has 0 bridgehead atoms. The van der Waals surface area contributed by atoms with Crippen LogP contribution in [0.3, 0.4) is 0 Å². The van der Waals surface area contributed by atoms with Gasteiger partial charge in [-0.3, -0.25) is 9.79 Å². The number of carbonyl (C=O) groups is 1. The minimum atomic E-state index is -0.115. The maximum absolute atomic E-state index is 12.0. The van der Waals surface area contributed by atoms with Gasteiger partial charge in [-0.25, -0.2) is 0 Å². The second-order valence-electron chi connectivity index (χ2n) is 5.87. The van der Waals surface area contributed by atoms with Crippen LogP contribution in [0.15, 0.2) is 53.5 Å². The number of amides is 1. The first-order valence-electron chi connectivity index (χ1n) is 8.77. The van der Waals surface area contributed by atoms with Gasteiger partial charge in [0, 0.05) is 20.0 Å². The molecule has 0 unspecified atom stereocenters. The van der Waals surface area contributed by atoms with Crippen molar-refractivity contribution >= 4 is 53.1 Å². The average Bonchev–Trinajstić information content (AvgIpc) is 2.67. The van der Waals surface area contributed by atoms with Crippen molar-refractivity contribution in [1.29, 1.82) is 0 Å². The zero-order chi connectivity index (χ0) is 19.5. The Kier molecular flexibility index (Phi) is 11.4. The molecule has 0 saturated carbocycles. The van der Waals surface area contributed by atoms with E-state index in [2.05, 4.69) is 20.9 Å². The smallest absolute Gasteiger partial charge is 0.226 e. The normalized spacial score (nSPS) is 10.6. The molecule has 0 aliphatic carbocycles. The Balaban J connectivity index is 0.00000392. The van der Waals surface area contributed by atoms with E-state index in [4.69, 9.17) is 16.3 Å². The molecule has 152 valence electrons. The molecule has 0 aliphatic heterocycles. The lowest BCUT2D eigenvalue weighted by molar-refractivity contribution is -0.116. The van der Waals surface area contributed by atoms with Crippen LogP contribution in [-0.4, -0.2) is 38.6 Å². The number of aryl methyl sites for hydroxylation is 1. The zero-order valence-electron chi connectivity index (χ0n) is 16.0. The molecule has 2 aromatic carbocycles. The number of ether oxygens (including phenoxy) is 1. The fourth-order valence-corrected chi connectivity index (χ4v) is 2.59. The van der Waals surface area contributed by atoms with E-state index in [9.17, 15) is 4.79 Å². The predicted molar refractivity (Wildman–Crippen MR) is 126 cm³/mol. The highest BCUT2D eigenvalue weighted by Gasteiger charge is 2.06. The van der Waals surface area contributed by atoms with E-state index in [0.29, 0.717) is 42.8 Å². The summed E-state index contributed by atoms with van der Waals surface area (Å²) < 4.78 is 5.61. The van der Waals surface area contributed by atoms with Gasteiger partial charge < -0.3 is 20.7 Å². The van der Waals surface area contributed by atoms with E-state index in [1.54, 1.807) is 13.1 Å². The first kappa shape index (κ1) is 24.0. The Morgan fingerprint density at radius 3 is 2.50 bits per heavy atom. The van der Waals surface area contributed by atoms with Crippen LogP contribution in [0.5, 0.6) is 5.75 Å². The van der Waals surface area contributed by atoms with Crippen LogP contribution < -0.4 is 20.7 Å². The fourth-order valence-electron chi connectivity index (χ4n) is 2.30. The molecule has 0 heterocycles. The monoisotopic (exact) mass is 516 g/mol. The summed E-state index contributed by atoms with van der Waals surface area (Å²) in [6.45, 7) is 3.51. The number of guanidine groups is 1. The van der Waals surface area contributed by atoms with Gasteiger partial charge in [0.25, 0.3) is 0 Å². The number of halogens is 2. The first-order valence-corrected chi connectivity index (χ1v) is 9.14. The number of anilines is 1. The van der Waals surface area contributed by atoms with Crippen molar-refractivity contribution < 1.29 is 9.53 Å². The molecule has 2 rings (SSSR count). The minimum absolute atomic E-state index is 0. The predicted octanol–water partition coefficient (Wildman–Crippen LogP) is 3.84. The molecule has 28 heavy (non-hydrogen) atoms. The summed E-state index contributed by atoms with van der Waals surface area (Å²) in [5.74, 6) is 1.33. The fraction of sp³-hybridized carbons (Fsp3) is 0.300. The van der Waals surface area contributed by atoms with E-state index in [1.807, 2.05) is 49.4 Å². The summed E-state index contributed by atoms with van der Waals surface area (Å²) in [4.78, 5) is 16.2. The van der Waals surface area contributed by atoms with Crippen molar-refractivity contribution in [2.45, 2.75) is 13.3 Å². The molecule has 6 nitrogen and oxygen atoms in total. The number of hydrogen-bond acceptors (Lipinski definition) is 3. The topological polar surface area (TPSA) is 74.8 Å². The maximum atomic E-state index is 12.0. The molecular formula is C20H26ClIN4O2. The Bertz CT molecular complexity index is 772. The van der Waals surface area contributed by atoms with Gasteiger partial charge in [-0.2, -0.15) is 0 Å². The average molecular weight is 517 g/mol. The third-order valence-electron chi connectivity index (χ3n) is 3.67. The Hall–Kier alpha value is -2.00. The summed E-state index contributed by atoms with van der Waals surface area (Å²) in [5.41, 5.74) is 1.67. The van der Waals surface area contributed by atoms with Crippen LogP contribution in [0.25, 0.3) is 0 Å². The highest BCUT2D eigenvalue weighted by Crippen LogP contribution is 2.22. The standard InChI is InChI=1S/C20H25ClN4O2.HI/c1-15-8-9-18(17(21)14-15)25-19(26)10-11-23-20(22-2)24-12-13-27-16-6-4-3-5-7-16;/h3-9,14H,10-13H2,1-2H3,(H,25,26)(H2,22,23,24);1H. The van der Waals surface area contributed by atoms with Crippen molar-refractivity contribution in [1.82, 2.24) is 10.6 Å². The van der Waals surface area contributed by atoms with Gasteiger partial charge in [0.1, 0.15) is 12.4 Å². The Labute approximate surface area is 188 Å². The number of hydrogen-bond donors (Lipinski definition) is 3. The van der Waals surface area contributed by atoms with Crippen molar-refractivity contribution in [3.8, 4) is 5.75 Å². The SMILES string of the molecule is CN=C(NCCOc1ccccc1)NCCC(=O)Nc1ccc(C)cc1Cl.I. The van der Waals surface area contributed by atoms with Crippen LogP contribution in [0.2, 0.25) is 5.02 Å². The molecule has 0 saturated heterocycles. The third kappa shape index (κ3) is 8.79. The number of nitrogens with one attached hydrogen (secondary N) is 3. The van der Waals surface area contributed by atoms with Crippen LogP contribution in [-0.2, 0) is 4.79 Å². The lowest BCUT2D eigenvalue weighted by Gasteiger charge is -2.13. The highest BCUT2D eigenvalue weighted by atomic mass is 127. The Morgan fingerprint density at radius 2 is 1.82 bits per heavy atom. The van der Waals surface area contributed by atoms with Gasteiger partial charge in [0.2, 0.25) is 5.91 Å². The third-order valence-corrected chi connectivity index (χ3v) is 3.99. The van der Waals surface area contributed by atoms with E-state index < -0.39 is 0 Å². The quantitative estimate of drug-likeness (QED) is 0.216. The summed E-state index contributed by atoms with van der Waals surface area (Å²) in [5, 5.41) is 9.58. The molecule has 1 amide bonds. The molecule has 2 aromatic rings. The lowest BCUT2D eigenvalue weighted by Crippen LogP contribution is -2.40. The van der Waals surface area contributed by atoms with Crippen LogP contribution in [0, 0.1) is 6.92 Å². The first-order chi connectivity index (χ1) is 13.1. The van der Waals surface area contributed by atoms with Crippen molar-refractivity contribution in [3.05, 3.63) is 59.1 Å². The summed E-state index contributed by atoms with van der Waals surface area (Å²) in [6.07, 6.45) is 0.297.